The third-order valence-electron chi connectivity index (χ3n) is 4.73. The predicted octanol–water partition coefficient (Wildman–Crippen LogP) is 2.03. The van der Waals surface area contributed by atoms with Crippen molar-refractivity contribution in [3.8, 4) is 0 Å². The van der Waals surface area contributed by atoms with Crippen molar-refractivity contribution in [1.29, 1.82) is 0 Å². The molecule has 1 saturated heterocycles. The van der Waals surface area contributed by atoms with Gasteiger partial charge < -0.3 is 19.8 Å². The normalized spacial score (nSPS) is 18.0. The van der Waals surface area contributed by atoms with E-state index in [-0.39, 0.29) is 43.2 Å². The number of rotatable bonds is 8. The zero-order chi connectivity index (χ0) is 21.7. The molecule has 1 fully saturated rings. The first kappa shape index (κ1) is 21.2. The number of likely N-dealkylation sites (tertiary alicyclic amines) is 1. The Labute approximate surface area is 172 Å². The van der Waals surface area contributed by atoms with E-state index in [9.17, 15) is 24.8 Å². The fraction of sp³-hybridized carbons (Fsp3) is 0.238. The highest BCUT2D eigenvalue weighted by atomic mass is 16.6. The summed E-state index contributed by atoms with van der Waals surface area (Å²) in [6.07, 6.45) is 0. The summed E-state index contributed by atoms with van der Waals surface area (Å²) in [5.41, 5.74) is -0.0655. The molecule has 2 N–H and O–H groups in total. The van der Waals surface area contributed by atoms with Crippen LogP contribution in [0.15, 0.2) is 60.2 Å². The van der Waals surface area contributed by atoms with Crippen LogP contribution in [-0.4, -0.2) is 58.1 Å². The molecule has 3 rings (SSSR count). The Kier molecular flexibility index (Phi) is 6.55. The van der Waals surface area contributed by atoms with Gasteiger partial charge >= 0.3 is 0 Å². The number of carbonyl (C=O) groups excluding carboxylic acids is 2. The zero-order valence-electron chi connectivity index (χ0n) is 15.9. The number of ketones is 1. The summed E-state index contributed by atoms with van der Waals surface area (Å²) < 4.78 is 5.20. The Morgan fingerprint density at radius 3 is 2.40 bits per heavy atom. The molecule has 0 aromatic heterocycles. The lowest BCUT2D eigenvalue weighted by molar-refractivity contribution is -0.385. The molecule has 156 valence electrons. The SMILES string of the molecule is O=C1C(=O)N(CCOCCO)C(c2ccccc2[N+](=O)[O-])C1=C(O)c1ccccc1. The van der Waals surface area contributed by atoms with Crippen LogP contribution in [0.25, 0.3) is 5.76 Å². The molecule has 2 aromatic carbocycles. The van der Waals surface area contributed by atoms with Crippen LogP contribution in [0.4, 0.5) is 5.69 Å². The number of nitrogens with zero attached hydrogens (tertiary/aromatic N) is 2. The van der Waals surface area contributed by atoms with E-state index in [1.54, 1.807) is 36.4 Å². The lowest BCUT2D eigenvalue weighted by Gasteiger charge is -2.25. The van der Waals surface area contributed by atoms with Crippen molar-refractivity contribution >= 4 is 23.1 Å². The Morgan fingerprint density at radius 1 is 1.07 bits per heavy atom. The molecule has 0 spiro atoms. The van der Waals surface area contributed by atoms with E-state index >= 15 is 0 Å². The number of aliphatic hydroxyl groups is 2. The summed E-state index contributed by atoms with van der Waals surface area (Å²) in [5, 5.41) is 31.3. The van der Waals surface area contributed by atoms with E-state index < -0.39 is 28.4 Å². The van der Waals surface area contributed by atoms with Crippen molar-refractivity contribution in [1.82, 2.24) is 4.90 Å². The third-order valence-corrected chi connectivity index (χ3v) is 4.73. The number of aliphatic hydroxyl groups excluding tert-OH is 2. The van der Waals surface area contributed by atoms with Gasteiger partial charge in [-0.05, 0) is 6.07 Å². The molecule has 9 heteroatoms. The molecular formula is C21H20N2O7. The molecule has 1 aliphatic heterocycles. The highest BCUT2D eigenvalue weighted by Gasteiger charge is 2.47. The number of ether oxygens (including phenoxy) is 1. The molecule has 1 heterocycles. The van der Waals surface area contributed by atoms with Gasteiger partial charge in [-0.25, -0.2) is 0 Å². The average molecular weight is 412 g/mol. The highest BCUT2D eigenvalue weighted by molar-refractivity contribution is 6.46. The van der Waals surface area contributed by atoms with Crippen molar-refractivity contribution in [3.05, 3.63) is 81.4 Å². The van der Waals surface area contributed by atoms with Gasteiger partial charge in [-0.1, -0.05) is 42.5 Å². The second-order valence-electron chi connectivity index (χ2n) is 6.51. The quantitative estimate of drug-likeness (QED) is 0.169. The van der Waals surface area contributed by atoms with Gasteiger partial charge in [-0.3, -0.25) is 19.7 Å². The molecule has 1 unspecified atom stereocenters. The predicted molar refractivity (Wildman–Crippen MR) is 106 cm³/mol. The van der Waals surface area contributed by atoms with Crippen LogP contribution in [0.1, 0.15) is 17.2 Å². The van der Waals surface area contributed by atoms with Crippen molar-refractivity contribution in [2.24, 2.45) is 0 Å². The molecule has 30 heavy (non-hydrogen) atoms. The van der Waals surface area contributed by atoms with E-state index in [2.05, 4.69) is 0 Å². The smallest absolute Gasteiger partial charge is 0.295 e. The lowest BCUT2D eigenvalue weighted by atomic mass is 9.94. The molecular weight excluding hydrogens is 392 g/mol. The van der Waals surface area contributed by atoms with Crippen LogP contribution in [0.5, 0.6) is 0 Å². The Bertz CT molecular complexity index is 988. The van der Waals surface area contributed by atoms with Gasteiger partial charge in [0.2, 0.25) is 0 Å². The number of Topliss-reactive ketones (excluding diaryl/α,β-unsaturated/α-hetero) is 1. The average Bonchev–Trinajstić information content (AvgIpc) is 3.01. The molecule has 0 bridgehead atoms. The van der Waals surface area contributed by atoms with Crippen molar-refractivity contribution in [2.45, 2.75) is 6.04 Å². The molecule has 1 aliphatic rings. The van der Waals surface area contributed by atoms with Crippen molar-refractivity contribution < 1.29 is 29.5 Å². The summed E-state index contributed by atoms with van der Waals surface area (Å²) in [7, 11) is 0. The molecule has 1 atom stereocenters. The lowest BCUT2D eigenvalue weighted by Crippen LogP contribution is -2.33. The fourth-order valence-corrected chi connectivity index (χ4v) is 3.40. The minimum atomic E-state index is -1.15. The van der Waals surface area contributed by atoms with Gasteiger partial charge in [-0.15, -0.1) is 0 Å². The summed E-state index contributed by atoms with van der Waals surface area (Å²) >= 11 is 0. The number of nitro benzene ring substituents is 1. The van der Waals surface area contributed by atoms with Crippen LogP contribution in [-0.2, 0) is 14.3 Å². The Balaban J connectivity index is 2.14. The van der Waals surface area contributed by atoms with Crippen molar-refractivity contribution in [2.75, 3.05) is 26.4 Å². The summed E-state index contributed by atoms with van der Waals surface area (Å²) in [4.78, 5) is 37.7. The minimum Gasteiger partial charge on any atom is -0.507 e. The largest absolute Gasteiger partial charge is 0.507 e. The van der Waals surface area contributed by atoms with Crippen LogP contribution >= 0.6 is 0 Å². The van der Waals surface area contributed by atoms with E-state index in [1.807, 2.05) is 0 Å². The van der Waals surface area contributed by atoms with E-state index in [0.29, 0.717) is 5.56 Å². The van der Waals surface area contributed by atoms with Gasteiger partial charge in [0.15, 0.2) is 0 Å². The van der Waals surface area contributed by atoms with Gasteiger partial charge in [0.25, 0.3) is 17.4 Å². The number of benzene rings is 2. The summed E-state index contributed by atoms with van der Waals surface area (Å²) in [5.74, 6) is -2.22. The number of carbonyl (C=O) groups is 2. The Hall–Kier alpha value is -3.56. The number of nitro groups is 1. The highest BCUT2D eigenvalue weighted by Crippen LogP contribution is 2.42. The molecule has 0 saturated carbocycles. The number of amides is 1. The zero-order valence-corrected chi connectivity index (χ0v) is 15.9. The van der Waals surface area contributed by atoms with Crippen LogP contribution in [0.3, 0.4) is 0 Å². The number of para-hydroxylation sites is 1. The first-order valence-corrected chi connectivity index (χ1v) is 9.23. The monoisotopic (exact) mass is 412 g/mol. The first-order chi connectivity index (χ1) is 14.5. The van der Waals surface area contributed by atoms with Gasteiger partial charge in [0.1, 0.15) is 5.76 Å². The maximum atomic E-state index is 12.8. The third kappa shape index (κ3) is 4.07. The maximum absolute atomic E-state index is 12.8. The first-order valence-electron chi connectivity index (χ1n) is 9.23. The van der Waals surface area contributed by atoms with Crippen LogP contribution < -0.4 is 0 Å². The standard InChI is InChI=1S/C21H20N2O7/c24-11-13-30-12-10-22-18(15-8-4-5-9-16(15)23(28)29)17(20(26)21(22)27)19(25)14-6-2-1-3-7-14/h1-9,18,24-25H,10-13H2. The van der Waals surface area contributed by atoms with Crippen LogP contribution in [0, 0.1) is 10.1 Å². The van der Waals surface area contributed by atoms with Crippen molar-refractivity contribution in [3.63, 3.8) is 0 Å². The van der Waals surface area contributed by atoms with E-state index in [4.69, 9.17) is 9.84 Å². The molecule has 1 amide bonds. The number of hydrogen-bond acceptors (Lipinski definition) is 7. The topological polar surface area (TPSA) is 130 Å². The number of hydrogen-bond donors (Lipinski definition) is 2. The molecule has 0 radical (unpaired) electrons. The van der Waals surface area contributed by atoms with Gasteiger partial charge in [0, 0.05) is 18.2 Å². The van der Waals surface area contributed by atoms with Gasteiger partial charge in [-0.2, -0.15) is 0 Å². The second kappa shape index (κ2) is 9.29. The second-order valence-corrected chi connectivity index (χ2v) is 6.51. The Morgan fingerprint density at radius 2 is 1.73 bits per heavy atom. The summed E-state index contributed by atoms with van der Waals surface area (Å²) in [6.45, 7) is -0.201. The van der Waals surface area contributed by atoms with Gasteiger partial charge in [0.05, 0.1) is 41.9 Å². The molecule has 2 aromatic rings. The minimum absolute atomic E-state index is 0.0100. The summed E-state index contributed by atoms with van der Waals surface area (Å²) in [6, 6.07) is 12.8. The molecule has 9 nitrogen and oxygen atoms in total. The molecule has 0 aliphatic carbocycles. The fourth-order valence-electron chi connectivity index (χ4n) is 3.40. The van der Waals surface area contributed by atoms with Crippen LogP contribution in [0.2, 0.25) is 0 Å². The van der Waals surface area contributed by atoms with E-state index in [0.717, 1.165) is 4.90 Å². The van der Waals surface area contributed by atoms with E-state index in [1.165, 1.54) is 18.2 Å². The maximum Gasteiger partial charge on any atom is 0.295 e.